The highest BCUT2D eigenvalue weighted by atomic mass is 16.2. The van der Waals surface area contributed by atoms with Crippen LogP contribution < -0.4 is 16.0 Å². The van der Waals surface area contributed by atoms with Gasteiger partial charge in [0.05, 0.1) is 28.1 Å². The zero-order valence-electron chi connectivity index (χ0n) is 14.2. The molecule has 0 radical (unpaired) electrons. The van der Waals surface area contributed by atoms with Crippen molar-refractivity contribution in [1.82, 2.24) is 0 Å². The van der Waals surface area contributed by atoms with E-state index in [0.717, 1.165) is 4.90 Å². The third kappa shape index (κ3) is 2.73. The number of carbonyl (C=O) groups is 3. The van der Waals surface area contributed by atoms with Gasteiger partial charge in [0.25, 0.3) is 17.7 Å². The molecular formula is C21H15N3O3. The molecule has 3 amide bonds. The van der Waals surface area contributed by atoms with Crippen molar-refractivity contribution in [2.75, 3.05) is 16.0 Å². The predicted octanol–water partition coefficient (Wildman–Crippen LogP) is 3.32. The zero-order chi connectivity index (χ0) is 19.0. The van der Waals surface area contributed by atoms with Crippen LogP contribution in [0.3, 0.4) is 0 Å². The third-order valence-corrected chi connectivity index (χ3v) is 4.39. The molecule has 0 saturated heterocycles. The summed E-state index contributed by atoms with van der Waals surface area (Å²) >= 11 is 0. The number of benzene rings is 3. The van der Waals surface area contributed by atoms with Crippen molar-refractivity contribution < 1.29 is 14.4 Å². The van der Waals surface area contributed by atoms with Gasteiger partial charge in [-0.3, -0.25) is 14.4 Å². The molecule has 1 aliphatic rings. The van der Waals surface area contributed by atoms with E-state index in [9.17, 15) is 14.4 Å². The normalized spacial score (nSPS) is 13.1. The molecule has 1 heterocycles. The Morgan fingerprint density at radius 3 is 2.22 bits per heavy atom. The maximum atomic E-state index is 13.3. The number of nitrogen functional groups attached to an aromatic ring is 1. The number of para-hydroxylation sites is 3. The lowest BCUT2D eigenvalue weighted by atomic mass is 10.0. The van der Waals surface area contributed by atoms with Crippen molar-refractivity contribution in [2.24, 2.45) is 0 Å². The highest BCUT2D eigenvalue weighted by molar-refractivity contribution is 6.31. The van der Waals surface area contributed by atoms with E-state index in [4.69, 9.17) is 5.73 Å². The average Bonchev–Trinajstić information content (AvgIpc) is 2.68. The number of hydrogen-bond donors (Lipinski definition) is 2. The van der Waals surface area contributed by atoms with Gasteiger partial charge in [0.2, 0.25) is 0 Å². The molecule has 0 spiro atoms. The number of nitrogens with zero attached hydrogens (tertiary/aromatic N) is 1. The summed E-state index contributed by atoms with van der Waals surface area (Å²) in [6, 6.07) is 19.6. The molecule has 0 aromatic heterocycles. The molecule has 6 nitrogen and oxygen atoms in total. The van der Waals surface area contributed by atoms with Crippen LogP contribution in [0.5, 0.6) is 0 Å². The van der Waals surface area contributed by atoms with Crippen LogP contribution in [0, 0.1) is 0 Å². The first kappa shape index (κ1) is 16.5. The van der Waals surface area contributed by atoms with E-state index in [1.807, 2.05) is 0 Å². The van der Waals surface area contributed by atoms with Gasteiger partial charge in [0, 0.05) is 5.69 Å². The number of rotatable bonds is 1. The van der Waals surface area contributed by atoms with E-state index < -0.39 is 17.7 Å². The van der Waals surface area contributed by atoms with Gasteiger partial charge < -0.3 is 11.1 Å². The number of amides is 3. The number of nitrogens with one attached hydrogen (secondary N) is 1. The molecule has 3 aromatic rings. The van der Waals surface area contributed by atoms with Gasteiger partial charge >= 0.3 is 0 Å². The SMILES string of the molecule is Nc1ccccc1C(=O)N1C(=O)c2ccccc2NC(=O)c2ccccc21. The standard InChI is InChI=1S/C21H15N3O3/c22-16-10-4-1-7-13(16)20(26)24-18-12-6-3-9-15(18)19(25)23-17-11-5-2-8-14(17)21(24)27/h1-12H,22H2,(H,23,25). The maximum Gasteiger partial charge on any atom is 0.267 e. The van der Waals surface area contributed by atoms with Crippen molar-refractivity contribution in [2.45, 2.75) is 0 Å². The number of imide groups is 1. The lowest BCUT2D eigenvalue weighted by Crippen LogP contribution is -2.40. The van der Waals surface area contributed by atoms with Crippen LogP contribution in [-0.2, 0) is 0 Å². The Balaban J connectivity index is 1.96. The van der Waals surface area contributed by atoms with E-state index in [1.54, 1.807) is 72.8 Å². The first-order valence-electron chi connectivity index (χ1n) is 8.30. The smallest absolute Gasteiger partial charge is 0.267 e. The van der Waals surface area contributed by atoms with Crippen LogP contribution in [0.2, 0.25) is 0 Å². The molecule has 132 valence electrons. The van der Waals surface area contributed by atoms with E-state index >= 15 is 0 Å². The van der Waals surface area contributed by atoms with Gasteiger partial charge in [-0.15, -0.1) is 0 Å². The van der Waals surface area contributed by atoms with Crippen LogP contribution in [0.15, 0.2) is 72.8 Å². The summed E-state index contributed by atoms with van der Waals surface area (Å²) in [5.41, 5.74) is 7.41. The Morgan fingerprint density at radius 1 is 0.815 bits per heavy atom. The summed E-state index contributed by atoms with van der Waals surface area (Å²) in [4.78, 5) is 40.3. The van der Waals surface area contributed by atoms with Crippen LogP contribution in [0.4, 0.5) is 17.1 Å². The molecule has 0 bridgehead atoms. The Labute approximate surface area is 155 Å². The number of carbonyl (C=O) groups excluding carboxylic acids is 3. The molecule has 0 fully saturated rings. The van der Waals surface area contributed by atoms with Gasteiger partial charge in [-0.25, -0.2) is 4.90 Å². The van der Waals surface area contributed by atoms with Crippen molar-refractivity contribution >= 4 is 34.8 Å². The molecule has 0 unspecified atom stereocenters. The van der Waals surface area contributed by atoms with E-state index in [-0.39, 0.29) is 28.1 Å². The highest BCUT2D eigenvalue weighted by Crippen LogP contribution is 2.31. The molecule has 1 aliphatic heterocycles. The largest absolute Gasteiger partial charge is 0.398 e. The second-order valence-electron chi connectivity index (χ2n) is 6.05. The topological polar surface area (TPSA) is 92.5 Å². The number of nitrogens with two attached hydrogens (primary N) is 1. The van der Waals surface area contributed by atoms with Gasteiger partial charge in [-0.05, 0) is 36.4 Å². The minimum Gasteiger partial charge on any atom is -0.398 e. The minimum absolute atomic E-state index is 0.194. The van der Waals surface area contributed by atoms with E-state index in [1.165, 1.54) is 0 Å². The van der Waals surface area contributed by atoms with Crippen LogP contribution in [-0.4, -0.2) is 17.7 Å². The highest BCUT2D eigenvalue weighted by Gasteiger charge is 2.33. The Morgan fingerprint density at radius 2 is 1.44 bits per heavy atom. The maximum absolute atomic E-state index is 13.3. The first-order valence-corrected chi connectivity index (χ1v) is 8.30. The molecule has 0 atom stereocenters. The monoisotopic (exact) mass is 357 g/mol. The quantitative estimate of drug-likeness (QED) is 0.516. The lowest BCUT2D eigenvalue weighted by molar-refractivity contribution is 0.0898. The fraction of sp³-hybridized carbons (Fsp3) is 0. The summed E-state index contributed by atoms with van der Waals surface area (Å²) in [5.74, 6) is -1.52. The van der Waals surface area contributed by atoms with Gasteiger partial charge in [0.1, 0.15) is 0 Å². The van der Waals surface area contributed by atoms with Crippen molar-refractivity contribution in [3.05, 3.63) is 89.5 Å². The Bertz CT molecular complexity index is 1080. The van der Waals surface area contributed by atoms with Gasteiger partial charge in [-0.2, -0.15) is 0 Å². The fourth-order valence-electron chi connectivity index (χ4n) is 3.07. The lowest BCUT2D eigenvalue weighted by Gasteiger charge is -2.27. The number of fused-ring (bicyclic) bond motifs is 2. The Kier molecular flexibility index (Phi) is 3.93. The average molecular weight is 357 g/mol. The second kappa shape index (κ2) is 6.42. The van der Waals surface area contributed by atoms with Crippen molar-refractivity contribution in [3.8, 4) is 0 Å². The molecule has 4 rings (SSSR count). The first-order chi connectivity index (χ1) is 13.1. The summed E-state index contributed by atoms with van der Waals surface area (Å²) in [5, 5.41) is 2.74. The summed E-state index contributed by atoms with van der Waals surface area (Å²) in [7, 11) is 0. The summed E-state index contributed by atoms with van der Waals surface area (Å²) in [6.07, 6.45) is 0. The second-order valence-corrected chi connectivity index (χ2v) is 6.05. The fourth-order valence-corrected chi connectivity index (χ4v) is 3.07. The minimum atomic E-state index is -0.588. The molecule has 3 aromatic carbocycles. The van der Waals surface area contributed by atoms with Gasteiger partial charge in [0.15, 0.2) is 0 Å². The zero-order valence-corrected chi connectivity index (χ0v) is 14.2. The van der Waals surface area contributed by atoms with Crippen molar-refractivity contribution in [3.63, 3.8) is 0 Å². The summed E-state index contributed by atoms with van der Waals surface area (Å²) in [6.45, 7) is 0. The van der Waals surface area contributed by atoms with Crippen LogP contribution >= 0.6 is 0 Å². The molecule has 0 saturated carbocycles. The molecule has 27 heavy (non-hydrogen) atoms. The van der Waals surface area contributed by atoms with E-state index in [2.05, 4.69) is 5.32 Å². The molecule has 3 N–H and O–H groups in total. The summed E-state index contributed by atoms with van der Waals surface area (Å²) < 4.78 is 0. The van der Waals surface area contributed by atoms with Crippen LogP contribution in [0.25, 0.3) is 0 Å². The third-order valence-electron chi connectivity index (χ3n) is 4.39. The van der Waals surface area contributed by atoms with E-state index in [0.29, 0.717) is 5.69 Å². The Hall–Kier alpha value is -3.93. The molecule has 6 heteroatoms. The molecular weight excluding hydrogens is 342 g/mol. The van der Waals surface area contributed by atoms with Gasteiger partial charge in [-0.1, -0.05) is 36.4 Å². The van der Waals surface area contributed by atoms with Crippen LogP contribution in [0.1, 0.15) is 31.1 Å². The van der Waals surface area contributed by atoms with Crippen molar-refractivity contribution in [1.29, 1.82) is 0 Å². The molecule has 0 aliphatic carbocycles. The number of hydrogen-bond acceptors (Lipinski definition) is 4. The predicted molar refractivity (Wildman–Crippen MR) is 103 cm³/mol. The number of anilines is 3.